The van der Waals surface area contributed by atoms with Crippen molar-refractivity contribution in [3.05, 3.63) is 186 Å². The highest BCUT2D eigenvalue weighted by molar-refractivity contribution is 5.69. The molecule has 6 aromatic rings. The van der Waals surface area contributed by atoms with Crippen molar-refractivity contribution in [2.75, 3.05) is 0 Å². The summed E-state index contributed by atoms with van der Waals surface area (Å²) < 4.78 is 0. The normalized spacial score (nSPS) is 10.3. The minimum atomic E-state index is 1.31. The Morgan fingerprint density at radius 3 is 0.865 bits per heavy atom. The number of hydrogen-bond donors (Lipinski definition) is 0. The molecule has 0 aliphatic heterocycles. The van der Waals surface area contributed by atoms with Crippen molar-refractivity contribution in [1.82, 2.24) is 0 Å². The third kappa shape index (κ3) is 11.2. The zero-order chi connectivity index (χ0) is 38.9. The first kappa shape index (κ1) is 41.7. The lowest BCUT2D eigenvalue weighted by atomic mass is 9.95. The first-order chi connectivity index (χ1) is 24.4. The minimum Gasteiger partial charge on any atom is -0.0614 e. The maximum atomic E-state index is 2.27. The molecule has 0 fully saturated rings. The van der Waals surface area contributed by atoms with Gasteiger partial charge in [-0.25, -0.2) is 0 Å². The Kier molecular flexibility index (Phi) is 15.0. The average Bonchev–Trinajstić information content (AvgIpc) is 3.10. The van der Waals surface area contributed by atoms with E-state index in [9.17, 15) is 0 Å². The lowest BCUT2D eigenvalue weighted by Gasteiger charge is -2.10. The van der Waals surface area contributed by atoms with E-state index in [0.29, 0.717) is 0 Å². The Balaban J connectivity index is 0.000000192. The lowest BCUT2D eigenvalue weighted by Crippen LogP contribution is -1.88. The molecule has 0 amide bonds. The highest BCUT2D eigenvalue weighted by atomic mass is 14.1. The monoisotopic (exact) mass is 689 g/mol. The molecular weight excluding hydrogens is 625 g/mol. The van der Waals surface area contributed by atoms with E-state index in [2.05, 4.69) is 208 Å². The molecule has 0 bridgehead atoms. The molecule has 0 saturated heterocycles. The summed E-state index contributed by atoms with van der Waals surface area (Å²) in [5.74, 6) is 0. The van der Waals surface area contributed by atoms with E-state index in [-0.39, 0.29) is 0 Å². The lowest BCUT2D eigenvalue weighted by molar-refractivity contribution is 1.22. The standard InChI is InChI=1S/2C16H18.2C10H14/c1-11-5-7-15(9-13(11)3)16-8-6-12(2)14(4)10-16;1-11-8-9-15(10-13(11)3)16-7-5-6-12(2)14(16)4;1-7-5-9(3)10(4)6-8(7)2;1-7-5-6-8(2)10(4)9(7)3/h2*5-10H,1-4H3;2*5-6H,1-4H3. The smallest absolute Gasteiger partial charge is 0.0152 e. The van der Waals surface area contributed by atoms with E-state index < -0.39 is 0 Å². The second-order valence-corrected chi connectivity index (χ2v) is 15.1. The van der Waals surface area contributed by atoms with Crippen molar-refractivity contribution in [2.24, 2.45) is 0 Å². The van der Waals surface area contributed by atoms with E-state index in [1.54, 1.807) is 0 Å². The number of rotatable bonds is 2. The van der Waals surface area contributed by atoms with Gasteiger partial charge in [0.25, 0.3) is 0 Å². The van der Waals surface area contributed by atoms with E-state index in [1.807, 2.05) is 0 Å². The molecule has 0 saturated carbocycles. The van der Waals surface area contributed by atoms with Crippen LogP contribution in [0.1, 0.15) is 89.0 Å². The second kappa shape index (κ2) is 18.7. The first-order valence-corrected chi connectivity index (χ1v) is 18.8. The van der Waals surface area contributed by atoms with E-state index in [1.165, 1.54) is 111 Å². The Labute approximate surface area is 318 Å². The Hall–Kier alpha value is -4.68. The van der Waals surface area contributed by atoms with Crippen molar-refractivity contribution in [1.29, 1.82) is 0 Å². The molecule has 272 valence electrons. The third-order valence-electron chi connectivity index (χ3n) is 11.2. The maximum Gasteiger partial charge on any atom is -0.0152 e. The van der Waals surface area contributed by atoms with Gasteiger partial charge in [0.1, 0.15) is 0 Å². The van der Waals surface area contributed by atoms with Gasteiger partial charge in [-0.05, 0) is 222 Å². The fourth-order valence-corrected chi connectivity index (χ4v) is 6.01. The summed E-state index contributed by atoms with van der Waals surface area (Å²) in [5.41, 5.74) is 27.4. The van der Waals surface area contributed by atoms with Crippen LogP contribution in [0.15, 0.2) is 97.1 Å². The average molecular weight is 689 g/mol. The van der Waals surface area contributed by atoms with Gasteiger partial charge in [0.2, 0.25) is 0 Å². The van der Waals surface area contributed by atoms with Crippen LogP contribution in [-0.4, -0.2) is 0 Å². The molecule has 0 heteroatoms. The van der Waals surface area contributed by atoms with Crippen LogP contribution in [-0.2, 0) is 0 Å². The Morgan fingerprint density at radius 1 is 0.212 bits per heavy atom. The highest BCUT2D eigenvalue weighted by Gasteiger charge is 2.05. The SMILES string of the molecule is Cc1cc(C)c(C)cc1C.Cc1ccc(-c2ccc(C)c(C)c2)cc1C.Cc1ccc(-c2cccc(C)c2C)cc1C.Cc1ccc(C)c(C)c1C. The van der Waals surface area contributed by atoms with Crippen molar-refractivity contribution in [3.63, 3.8) is 0 Å². The minimum absolute atomic E-state index is 1.31. The van der Waals surface area contributed by atoms with Crippen LogP contribution in [0.2, 0.25) is 0 Å². The van der Waals surface area contributed by atoms with Gasteiger partial charge in [-0.1, -0.05) is 97.1 Å². The van der Waals surface area contributed by atoms with Crippen molar-refractivity contribution >= 4 is 0 Å². The molecule has 0 N–H and O–H groups in total. The van der Waals surface area contributed by atoms with Gasteiger partial charge in [0.15, 0.2) is 0 Å². The summed E-state index contributed by atoms with van der Waals surface area (Å²) >= 11 is 0. The van der Waals surface area contributed by atoms with Crippen LogP contribution < -0.4 is 0 Å². The quantitative estimate of drug-likeness (QED) is 0.170. The van der Waals surface area contributed by atoms with E-state index >= 15 is 0 Å². The van der Waals surface area contributed by atoms with Crippen LogP contribution in [0.5, 0.6) is 0 Å². The van der Waals surface area contributed by atoms with E-state index in [0.717, 1.165) is 0 Å². The summed E-state index contributed by atoms with van der Waals surface area (Å²) in [6, 6.07) is 35.3. The second-order valence-electron chi connectivity index (χ2n) is 15.1. The highest BCUT2D eigenvalue weighted by Crippen LogP contribution is 2.27. The molecular formula is C52H64. The maximum absolute atomic E-state index is 2.27. The molecule has 0 aromatic heterocycles. The van der Waals surface area contributed by atoms with Crippen molar-refractivity contribution in [3.8, 4) is 22.3 Å². The molecule has 0 radical (unpaired) electrons. The van der Waals surface area contributed by atoms with Gasteiger partial charge in [0.05, 0.1) is 0 Å². The molecule has 0 nitrogen and oxygen atoms in total. The van der Waals surface area contributed by atoms with Gasteiger partial charge in [-0.15, -0.1) is 0 Å². The predicted octanol–water partition coefficient (Wildman–Crippen LogP) is 15.0. The van der Waals surface area contributed by atoms with Gasteiger partial charge in [-0.3, -0.25) is 0 Å². The van der Waals surface area contributed by atoms with Gasteiger partial charge in [-0.2, -0.15) is 0 Å². The molecule has 0 aliphatic rings. The summed E-state index contributed by atoms with van der Waals surface area (Å²) in [6.45, 7) is 34.6. The fraction of sp³-hybridized carbons (Fsp3) is 0.308. The molecule has 6 aromatic carbocycles. The molecule has 0 unspecified atom stereocenters. The zero-order valence-corrected chi connectivity index (χ0v) is 35.2. The topological polar surface area (TPSA) is 0 Å². The van der Waals surface area contributed by atoms with Crippen molar-refractivity contribution < 1.29 is 0 Å². The number of hydrogen-bond acceptors (Lipinski definition) is 0. The van der Waals surface area contributed by atoms with Crippen LogP contribution >= 0.6 is 0 Å². The molecule has 0 atom stereocenters. The molecule has 0 heterocycles. The molecule has 6 rings (SSSR count). The van der Waals surface area contributed by atoms with Crippen LogP contribution in [0, 0.1) is 111 Å². The van der Waals surface area contributed by atoms with Crippen LogP contribution in [0.25, 0.3) is 22.3 Å². The Bertz CT molecular complexity index is 2010. The summed E-state index contributed by atoms with van der Waals surface area (Å²) in [5, 5.41) is 0. The van der Waals surface area contributed by atoms with Gasteiger partial charge < -0.3 is 0 Å². The molecule has 52 heavy (non-hydrogen) atoms. The van der Waals surface area contributed by atoms with Crippen LogP contribution in [0.4, 0.5) is 0 Å². The molecule has 0 aliphatic carbocycles. The van der Waals surface area contributed by atoms with Crippen molar-refractivity contribution in [2.45, 2.75) is 111 Å². The number of benzene rings is 6. The summed E-state index contributed by atoms with van der Waals surface area (Å²) in [6.07, 6.45) is 0. The predicted molar refractivity (Wildman–Crippen MR) is 232 cm³/mol. The van der Waals surface area contributed by atoms with Gasteiger partial charge >= 0.3 is 0 Å². The Morgan fingerprint density at radius 2 is 0.500 bits per heavy atom. The third-order valence-corrected chi connectivity index (χ3v) is 11.2. The van der Waals surface area contributed by atoms with Crippen LogP contribution in [0.3, 0.4) is 0 Å². The number of aryl methyl sites for hydroxylation is 13. The van der Waals surface area contributed by atoms with E-state index in [4.69, 9.17) is 0 Å². The summed E-state index contributed by atoms with van der Waals surface area (Å²) in [4.78, 5) is 0. The van der Waals surface area contributed by atoms with Gasteiger partial charge in [0, 0.05) is 0 Å². The summed E-state index contributed by atoms with van der Waals surface area (Å²) in [7, 11) is 0. The zero-order valence-electron chi connectivity index (χ0n) is 35.2. The fourth-order valence-electron chi connectivity index (χ4n) is 6.01. The first-order valence-electron chi connectivity index (χ1n) is 18.8. The largest absolute Gasteiger partial charge is 0.0614 e. The molecule has 0 spiro atoms.